The fourth-order valence-electron chi connectivity index (χ4n) is 3.01. The van der Waals surface area contributed by atoms with Crippen molar-refractivity contribution in [1.82, 2.24) is 9.97 Å². The summed E-state index contributed by atoms with van der Waals surface area (Å²) in [5.41, 5.74) is 5.36. The zero-order valence-corrected chi connectivity index (χ0v) is 15.0. The number of hydrogen-bond acceptors (Lipinski definition) is 3. The number of hydrogen-bond donors (Lipinski definition) is 1. The van der Waals surface area contributed by atoms with Gasteiger partial charge in [0.1, 0.15) is 0 Å². The van der Waals surface area contributed by atoms with Gasteiger partial charge in [-0.15, -0.1) is 0 Å². The predicted octanol–water partition coefficient (Wildman–Crippen LogP) is 5.67. The van der Waals surface area contributed by atoms with Crippen LogP contribution < -0.4 is 5.32 Å². The molecule has 0 aliphatic rings. The summed E-state index contributed by atoms with van der Waals surface area (Å²) in [6.07, 6.45) is 1.83. The lowest BCUT2D eigenvalue weighted by Gasteiger charge is -2.10. The van der Waals surface area contributed by atoms with Gasteiger partial charge < -0.3 is 5.32 Å². The highest BCUT2D eigenvalue weighted by atomic mass is 15.1. The SMILES string of the molecule is c1ccc(CCc2cc(-c3ccccc3)nc(Nc3ccccc3)n2)cc1. The van der Waals surface area contributed by atoms with Crippen LogP contribution in [0.3, 0.4) is 0 Å². The summed E-state index contributed by atoms with van der Waals surface area (Å²) in [7, 11) is 0. The topological polar surface area (TPSA) is 37.8 Å². The minimum absolute atomic E-state index is 0.630. The lowest BCUT2D eigenvalue weighted by molar-refractivity contribution is 0.905. The second kappa shape index (κ2) is 8.28. The van der Waals surface area contributed by atoms with Gasteiger partial charge in [0.15, 0.2) is 0 Å². The molecule has 3 heteroatoms. The molecule has 0 bridgehead atoms. The van der Waals surface area contributed by atoms with Gasteiger partial charge in [0.25, 0.3) is 0 Å². The van der Waals surface area contributed by atoms with E-state index in [0.717, 1.165) is 35.5 Å². The Morgan fingerprint density at radius 3 is 1.96 bits per heavy atom. The molecule has 0 saturated carbocycles. The third-order valence-electron chi connectivity index (χ3n) is 4.39. The molecule has 4 rings (SSSR count). The summed E-state index contributed by atoms with van der Waals surface area (Å²) in [5.74, 6) is 0.630. The van der Waals surface area contributed by atoms with Crippen molar-refractivity contribution in [2.75, 3.05) is 5.32 Å². The molecule has 0 unspecified atom stereocenters. The van der Waals surface area contributed by atoms with Crippen LogP contribution in [0.15, 0.2) is 97.1 Å². The minimum Gasteiger partial charge on any atom is -0.324 e. The zero-order chi connectivity index (χ0) is 18.3. The zero-order valence-electron chi connectivity index (χ0n) is 15.0. The molecule has 0 aliphatic heterocycles. The van der Waals surface area contributed by atoms with Crippen LogP contribution in [-0.4, -0.2) is 9.97 Å². The van der Waals surface area contributed by atoms with Gasteiger partial charge in [0.2, 0.25) is 5.95 Å². The van der Waals surface area contributed by atoms with Crippen molar-refractivity contribution in [3.8, 4) is 11.3 Å². The molecule has 0 aliphatic carbocycles. The Labute approximate surface area is 159 Å². The third-order valence-corrected chi connectivity index (χ3v) is 4.39. The summed E-state index contributed by atoms with van der Waals surface area (Å²) in [5, 5.41) is 3.33. The molecule has 0 amide bonds. The van der Waals surface area contributed by atoms with E-state index in [1.54, 1.807) is 0 Å². The second-order valence-corrected chi connectivity index (χ2v) is 6.41. The van der Waals surface area contributed by atoms with Gasteiger partial charge >= 0.3 is 0 Å². The van der Waals surface area contributed by atoms with E-state index in [-0.39, 0.29) is 0 Å². The van der Waals surface area contributed by atoms with E-state index in [2.05, 4.69) is 47.8 Å². The van der Waals surface area contributed by atoms with Crippen LogP contribution in [0.4, 0.5) is 11.6 Å². The van der Waals surface area contributed by atoms with Gasteiger partial charge in [-0.05, 0) is 36.6 Å². The van der Waals surface area contributed by atoms with Crippen LogP contribution >= 0.6 is 0 Å². The minimum atomic E-state index is 0.630. The molecule has 1 aromatic heterocycles. The average molecular weight is 351 g/mol. The second-order valence-electron chi connectivity index (χ2n) is 6.41. The van der Waals surface area contributed by atoms with Gasteiger partial charge in [0, 0.05) is 16.9 Å². The Morgan fingerprint density at radius 1 is 0.630 bits per heavy atom. The predicted molar refractivity (Wildman–Crippen MR) is 111 cm³/mol. The number of rotatable bonds is 6. The van der Waals surface area contributed by atoms with Crippen molar-refractivity contribution < 1.29 is 0 Å². The van der Waals surface area contributed by atoms with Crippen LogP contribution in [-0.2, 0) is 12.8 Å². The molecule has 1 heterocycles. The van der Waals surface area contributed by atoms with E-state index in [1.165, 1.54) is 5.56 Å². The van der Waals surface area contributed by atoms with Crippen LogP contribution in [0.25, 0.3) is 11.3 Å². The maximum absolute atomic E-state index is 4.75. The molecule has 3 aromatic carbocycles. The van der Waals surface area contributed by atoms with Crippen molar-refractivity contribution in [3.63, 3.8) is 0 Å². The molecule has 4 aromatic rings. The first-order valence-electron chi connectivity index (χ1n) is 9.16. The fourth-order valence-corrected chi connectivity index (χ4v) is 3.01. The maximum atomic E-state index is 4.75. The van der Waals surface area contributed by atoms with Crippen molar-refractivity contribution in [2.45, 2.75) is 12.8 Å². The average Bonchev–Trinajstić information content (AvgIpc) is 2.74. The first-order chi connectivity index (χ1) is 13.4. The van der Waals surface area contributed by atoms with E-state index >= 15 is 0 Å². The van der Waals surface area contributed by atoms with Gasteiger partial charge in [-0.3, -0.25) is 0 Å². The van der Waals surface area contributed by atoms with Gasteiger partial charge in [-0.2, -0.15) is 0 Å². The van der Waals surface area contributed by atoms with Crippen LogP contribution in [0.5, 0.6) is 0 Å². The summed E-state index contributed by atoms with van der Waals surface area (Å²) >= 11 is 0. The van der Waals surface area contributed by atoms with E-state index < -0.39 is 0 Å². The Bertz CT molecular complexity index is 984. The molecule has 0 saturated heterocycles. The number of aryl methyl sites for hydroxylation is 2. The number of benzene rings is 3. The number of nitrogens with one attached hydrogen (secondary N) is 1. The molecule has 27 heavy (non-hydrogen) atoms. The molecule has 3 nitrogen and oxygen atoms in total. The normalized spacial score (nSPS) is 10.5. The van der Waals surface area contributed by atoms with Crippen molar-refractivity contribution >= 4 is 11.6 Å². The van der Waals surface area contributed by atoms with E-state index in [1.807, 2.05) is 54.6 Å². The Balaban J connectivity index is 1.63. The summed E-state index contributed by atoms with van der Waals surface area (Å²) < 4.78 is 0. The Morgan fingerprint density at radius 2 is 1.26 bits per heavy atom. The van der Waals surface area contributed by atoms with Crippen molar-refractivity contribution in [3.05, 3.63) is 108 Å². The van der Waals surface area contributed by atoms with Crippen LogP contribution in [0, 0.1) is 0 Å². The first kappa shape index (κ1) is 17.0. The van der Waals surface area contributed by atoms with E-state index in [0.29, 0.717) is 5.95 Å². The van der Waals surface area contributed by atoms with Gasteiger partial charge in [-0.25, -0.2) is 9.97 Å². The summed E-state index contributed by atoms with van der Waals surface area (Å²) in [6, 6.07) is 32.9. The number of aromatic nitrogens is 2. The van der Waals surface area contributed by atoms with E-state index in [9.17, 15) is 0 Å². The highest BCUT2D eigenvalue weighted by Crippen LogP contribution is 2.21. The Hall–Kier alpha value is -3.46. The number of anilines is 2. The van der Waals surface area contributed by atoms with Gasteiger partial charge in [-0.1, -0.05) is 78.9 Å². The van der Waals surface area contributed by atoms with Crippen molar-refractivity contribution in [1.29, 1.82) is 0 Å². The Kier molecular flexibility index (Phi) is 5.21. The lowest BCUT2D eigenvalue weighted by Crippen LogP contribution is -2.03. The molecule has 0 atom stereocenters. The summed E-state index contributed by atoms with van der Waals surface area (Å²) in [6.45, 7) is 0. The quantitative estimate of drug-likeness (QED) is 0.486. The van der Waals surface area contributed by atoms with Crippen LogP contribution in [0.2, 0.25) is 0 Å². The summed E-state index contributed by atoms with van der Waals surface area (Å²) in [4.78, 5) is 9.48. The lowest BCUT2D eigenvalue weighted by atomic mass is 10.1. The molecular formula is C24H21N3. The fraction of sp³-hybridized carbons (Fsp3) is 0.0833. The van der Waals surface area contributed by atoms with E-state index in [4.69, 9.17) is 9.97 Å². The van der Waals surface area contributed by atoms with Gasteiger partial charge in [0.05, 0.1) is 5.69 Å². The first-order valence-corrected chi connectivity index (χ1v) is 9.16. The molecular weight excluding hydrogens is 330 g/mol. The third kappa shape index (κ3) is 4.59. The smallest absolute Gasteiger partial charge is 0.227 e. The number of para-hydroxylation sites is 1. The molecule has 0 fully saturated rings. The molecule has 132 valence electrons. The van der Waals surface area contributed by atoms with Crippen molar-refractivity contribution in [2.24, 2.45) is 0 Å². The molecule has 0 radical (unpaired) electrons. The highest BCUT2D eigenvalue weighted by molar-refractivity contribution is 5.62. The largest absolute Gasteiger partial charge is 0.324 e. The highest BCUT2D eigenvalue weighted by Gasteiger charge is 2.08. The standard InChI is InChI=1S/C24H21N3/c1-4-10-19(11-5-1)16-17-22-18-23(20-12-6-2-7-13-20)27-24(26-22)25-21-14-8-3-9-15-21/h1-15,18H,16-17H2,(H,25,26,27). The van der Waals surface area contributed by atoms with Crippen LogP contribution in [0.1, 0.15) is 11.3 Å². The monoisotopic (exact) mass is 351 g/mol. The molecule has 0 spiro atoms. The molecule has 1 N–H and O–H groups in total. The number of nitrogens with zero attached hydrogens (tertiary/aromatic N) is 2. The maximum Gasteiger partial charge on any atom is 0.227 e.